The predicted molar refractivity (Wildman–Crippen MR) is 114 cm³/mol. The van der Waals surface area contributed by atoms with Crippen LogP contribution in [0.4, 0.5) is 22.0 Å². The lowest BCUT2D eigenvalue weighted by Crippen LogP contribution is -2.49. The van der Waals surface area contributed by atoms with Crippen LogP contribution in [0.1, 0.15) is 34.8 Å². The fourth-order valence-electron chi connectivity index (χ4n) is 3.84. The minimum absolute atomic E-state index is 0.0439. The third kappa shape index (κ3) is 5.59. The van der Waals surface area contributed by atoms with Gasteiger partial charge in [0.25, 0.3) is 5.91 Å². The number of ether oxygens (including phenoxy) is 1. The van der Waals surface area contributed by atoms with E-state index >= 15 is 0 Å². The number of carbonyl (C=O) groups is 1. The van der Waals surface area contributed by atoms with Crippen molar-refractivity contribution >= 4 is 5.91 Å². The molecular weight excluding hydrogens is 475 g/mol. The number of para-hydroxylation sites is 1. The third-order valence-corrected chi connectivity index (χ3v) is 5.73. The topological polar surface area (TPSA) is 71.7 Å². The Morgan fingerprint density at radius 2 is 1.77 bits per heavy atom. The summed E-state index contributed by atoms with van der Waals surface area (Å²) in [5.74, 6) is -0.329. The van der Waals surface area contributed by atoms with E-state index in [1.807, 2.05) is 11.8 Å². The lowest BCUT2D eigenvalue weighted by atomic mass is 10.1. The molecular formula is C23H21F5N4O3. The van der Waals surface area contributed by atoms with Crippen LogP contribution in [0.15, 0.2) is 53.1 Å². The molecule has 0 spiro atoms. The lowest BCUT2D eigenvalue weighted by Gasteiger charge is -2.37. The number of hydrogen-bond donors (Lipinski definition) is 0. The van der Waals surface area contributed by atoms with Gasteiger partial charge in [-0.2, -0.15) is 26.9 Å². The lowest BCUT2D eigenvalue weighted by molar-refractivity contribution is -0.137. The summed E-state index contributed by atoms with van der Waals surface area (Å²) in [6, 6.07) is 10.1. The van der Waals surface area contributed by atoms with Crippen molar-refractivity contribution in [2.24, 2.45) is 0 Å². The molecule has 186 valence electrons. The normalized spacial score (nSPS) is 15.9. The van der Waals surface area contributed by atoms with E-state index in [9.17, 15) is 26.7 Å². The highest BCUT2D eigenvalue weighted by molar-refractivity contribution is 5.97. The zero-order valence-corrected chi connectivity index (χ0v) is 18.5. The van der Waals surface area contributed by atoms with E-state index in [4.69, 9.17) is 4.52 Å². The molecule has 1 aliphatic rings. The molecule has 12 heteroatoms. The van der Waals surface area contributed by atoms with Gasteiger partial charge in [-0.1, -0.05) is 29.4 Å². The molecule has 0 saturated carbocycles. The highest BCUT2D eigenvalue weighted by Crippen LogP contribution is 2.32. The van der Waals surface area contributed by atoms with E-state index in [1.54, 1.807) is 11.0 Å². The highest BCUT2D eigenvalue weighted by atomic mass is 19.4. The van der Waals surface area contributed by atoms with Gasteiger partial charge in [-0.05, 0) is 31.2 Å². The number of amides is 1. The van der Waals surface area contributed by atoms with Gasteiger partial charge in [0.2, 0.25) is 11.7 Å². The Balaban J connectivity index is 1.40. The van der Waals surface area contributed by atoms with Crippen LogP contribution >= 0.6 is 0 Å². The van der Waals surface area contributed by atoms with Crippen LogP contribution in [-0.4, -0.2) is 58.6 Å². The van der Waals surface area contributed by atoms with Crippen LogP contribution in [0.5, 0.6) is 5.75 Å². The van der Waals surface area contributed by atoms with Gasteiger partial charge in [-0.25, -0.2) is 0 Å². The Labute approximate surface area is 197 Å². The Kier molecular flexibility index (Phi) is 7.01. The van der Waals surface area contributed by atoms with E-state index < -0.39 is 24.3 Å². The second-order valence-electron chi connectivity index (χ2n) is 7.91. The van der Waals surface area contributed by atoms with Crippen molar-refractivity contribution in [2.45, 2.75) is 25.8 Å². The number of aromatic nitrogens is 2. The van der Waals surface area contributed by atoms with Crippen LogP contribution in [0.3, 0.4) is 0 Å². The van der Waals surface area contributed by atoms with Crippen molar-refractivity contribution in [1.29, 1.82) is 0 Å². The molecule has 1 aromatic heterocycles. The molecule has 7 nitrogen and oxygen atoms in total. The minimum atomic E-state index is -4.49. The Morgan fingerprint density at radius 1 is 1.06 bits per heavy atom. The van der Waals surface area contributed by atoms with Gasteiger partial charge in [-0.15, -0.1) is 0 Å². The van der Waals surface area contributed by atoms with Crippen LogP contribution in [-0.2, 0) is 6.18 Å². The number of hydrogen-bond acceptors (Lipinski definition) is 6. The fraction of sp³-hybridized carbons (Fsp3) is 0.348. The molecule has 1 unspecified atom stereocenters. The van der Waals surface area contributed by atoms with Crippen molar-refractivity contribution in [3.8, 4) is 17.1 Å². The molecule has 4 rings (SSSR count). The first-order valence-electron chi connectivity index (χ1n) is 10.7. The Hall–Kier alpha value is -3.54. The summed E-state index contributed by atoms with van der Waals surface area (Å²) < 4.78 is 74.1. The van der Waals surface area contributed by atoms with Crippen LogP contribution in [0, 0.1) is 0 Å². The molecule has 1 amide bonds. The number of halogens is 5. The molecule has 1 aliphatic heterocycles. The average Bonchev–Trinajstić information content (AvgIpc) is 3.33. The Morgan fingerprint density at radius 3 is 2.46 bits per heavy atom. The first-order chi connectivity index (χ1) is 16.6. The molecule has 0 aliphatic carbocycles. The van der Waals surface area contributed by atoms with Crippen molar-refractivity contribution in [3.05, 3.63) is 65.5 Å². The number of alkyl halides is 5. The fourth-order valence-corrected chi connectivity index (χ4v) is 3.84. The quantitative estimate of drug-likeness (QED) is 0.454. The molecule has 1 fully saturated rings. The summed E-state index contributed by atoms with van der Waals surface area (Å²) in [7, 11) is 0. The van der Waals surface area contributed by atoms with Crippen molar-refractivity contribution in [3.63, 3.8) is 0 Å². The standard InChI is InChI=1S/C23H21F5N4O3/c1-14(20-29-19(30-35-20)15-5-4-6-16(13-15)23(26,27)28)31-9-11-32(12-10-31)21(33)17-7-2-3-8-18(17)34-22(24)25/h2-8,13-14,22H,9-12H2,1H3. The summed E-state index contributed by atoms with van der Waals surface area (Å²) in [6.07, 6.45) is -4.49. The first kappa shape index (κ1) is 24.6. The van der Waals surface area contributed by atoms with E-state index in [1.165, 1.54) is 30.3 Å². The van der Waals surface area contributed by atoms with Gasteiger partial charge in [0.15, 0.2) is 0 Å². The maximum Gasteiger partial charge on any atom is 0.416 e. The SMILES string of the molecule is CC(c1nc(-c2cccc(C(F)(F)F)c2)no1)N1CCN(C(=O)c2ccccc2OC(F)F)CC1. The number of rotatable bonds is 6. The smallest absolute Gasteiger partial charge is 0.416 e. The molecule has 1 atom stereocenters. The monoisotopic (exact) mass is 496 g/mol. The van der Waals surface area contributed by atoms with E-state index in [-0.39, 0.29) is 34.6 Å². The van der Waals surface area contributed by atoms with Crippen molar-refractivity contribution < 1.29 is 36.0 Å². The van der Waals surface area contributed by atoms with Crippen LogP contribution in [0.25, 0.3) is 11.4 Å². The molecule has 3 aromatic rings. The largest absolute Gasteiger partial charge is 0.434 e. The molecule has 2 aromatic carbocycles. The number of benzene rings is 2. The van der Waals surface area contributed by atoms with Gasteiger partial charge in [0, 0.05) is 31.7 Å². The van der Waals surface area contributed by atoms with E-state index in [0.717, 1.165) is 12.1 Å². The number of nitrogens with zero attached hydrogens (tertiary/aromatic N) is 4. The maximum absolute atomic E-state index is 13.0. The highest BCUT2D eigenvalue weighted by Gasteiger charge is 2.32. The van der Waals surface area contributed by atoms with Gasteiger partial charge >= 0.3 is 12.8 Å². The van der Waals surface area contributed by atoms with Crippen molar-refractivity contribution in [1.82, 2.24) is 19.9 Å². The van der Waals surface area contributed by atoms with E-state index in [0.29, 0.717) is 26.2 Å². The summed E-state index contributed by atoms with van der Waals surface area (Å²) in [5.41, 5.74) is -0.574. The minimum Gasteiger partial charge on any atom is -0.434 e. The van der Waals surface area contributed by atoms with Gasteiger partial charge in [-0.3, -0.25) is 9.69 Å². The zero-order valence-electron chi connectivity index (χ0n) is 18.5. The summed E-state index contributed by atoms with van der Waals surface area (Å²) in [5, 5.41) is 3.82. The second kappa shape index (κ2) is 9.98. The second-order valence-corrected chi connectivity index (χ2v) is 7.91. The molecule has 2 heterocycles. The summed E-state index contributed by atoms with van der Waals surface area (Å²) in [6.45, 7) is 0.281. The number of carbonyl (C=O) groups excluding carboxylic acids is 1. The molecule has 0 radical (unpaired) electrons. The molecule has 35 heavy (non-hydrogen) atoms. The van der Waals surface area contributed by atoms with Gasteiger partial charge in [0.1, 0.15) is 5.75 Å². The van der Waals surface area contributed by atoms with Crippen molar-refractivity contribution in [2.75, 3.05) is 26.2 Å². The van der Waals surface area contributed by atoms with E-state index in [2.05, 4.69) is 14.9 Å². The number of piperazine rings is 1. The zero-order chi connectivity index (χ0) is 25.2. The average molecular weight is 496 g/mol. The third-order valence-electron chi connectivity index (χ3n) is 5.73. The maximum atomic E-state index is 13.0. The Bertz CT molecular complexity index is 1180. The van der Waals surface area contributed by atoms with Crippen LogP contribution < -0.4 is 4.74 Å². The molecule has 1 saturated heterocycles. The predicted octanol–water partition coefficient (Wildman–Crippen LogP) is 4.88. The van der Waals surface area contributed by atoms with Gasteiger partial charge < -0.3 is 14.2 Å². The summed E-state index contributed by atoms with van der Waals surface area (Å²) in [4.78, 5) is 20.7. The first-order valence-corrected chi connectivity index (χ1v) is 10.7. The van der Waals surface area contributed by atoms with Crippen LogP contribution in [0.2, 0.25) is 0 Å². The molecule has 0 bridgehead atoms. The summed E-state index contributed by atoms with van der Waals surface area (Å²) >= 11 is 0. The van der Waals surface area contributed by atoms with Gasteiger partial charge in [0.05, 0.1) is 17.2 Å². The molecule has 0 N–H and O–H groups in total.